The first-order chi connectivity index (χ1) is 14.2. The average molecular weight is 407 g/mol. The molecule has 2 aromatic carbocycles. The Labute approximate surface area is 170 Å². The summed E-state index contributed by atoms with van der Waals surface area (Å²) in [5, 5.41) is 16.5. The zero-order chi connectivity index (χ0) is 20.1. The third-order valence-corrected chi connectivity index (χ3v) is 4.25. The van der Waals surface area contributed by atoms with Crippen molar-refractivity contribution in [3.8, 4) is 22.7 Å². The van der Waals surface area contributed by atoms with Crippen LogP contribution in [-0.4, -0.2) is 32.3 Å². The Kier molecular flexibility index (Phi) is 5.44. The fourth-order valence-corrected chi connectivity index (χ4v) is 2.80. The average Bonchev–Trinajstić information content (AvgIpc) is 3.39. The maximum absolute atomic E-state index is 12.0. The number of benzene rings is 2. The molecular weight excluding hydrogens is 392 g/mol. The van der Waals surface area contributed by atoms with E-state index in [1.165, 1.54) is 11.0 Å². The summed E-state index contributed by atoms with van der Waals surface area (Å²) in [7, 11) is 0. The van der Waals surface area contributed by atoms with Crippen molar-refractivity contribution in [1.82, 2.24) is 25.6 Å². The van der Waals surface area contributed by atoms with Gasteiger partial charge in [0.25, 0.3) is 5.91 Å². The number of hydrazone groups is 1. The summed E-state index contributed by atoms with van der Waals surface area (Å²) >= 11 is 6.16. The van der Waals surface area contributed by atoms with Crippen LogP contribution in [-0.2, 0) is 11.3 Å². The number of tetrazole rings is 1. The number of amides is 1. The minimum absolute atomic E-state index is 0.111. The molecule has 1 amide bonds. The van der Waals surface area contributed by atoms with Crippen LogP contribution in [0.25, 0.3) is 22.7 Å². The third-order valence-electron chi connectivity index (χ3n) is 3.92. The van der Waals surface area contributed by atoms with Crippen LogP contribution in [0.15, 0.2) is 76.2 Å². The van der Waals surface area contributed by atoms with Crippen LogP contribution in [0.2, 0.25) is 5.02 Å². The highest BCUT2D eigenvalue weighted by Gasteiger charge is 2.09. The number of furan rings is 1. The molecule has 9 heteroatoms. The molecule has 0 atom stereocenters. The van der Waals surface area contributed by atoms with Crippen LogP contribution in [0.5, 0.6) is 0 Å². The Morgan fingerprint density at radius 1 is 1.10 bits per heavy atom. The first-order valence-electron chi connectivity index (χ1n) is 8.69. The van der Waals surface area contributed by atoms with E-state index in [0.717, 1.165) is 11.1 Å². The molecule has 4 aromatic rings. The molecule has 2 heterocycles. The van der Waals surface area contributed by atoms with Gasteiger partial charge < -0.3 is 4.42 Å². The SMILES string of the molecule is O=C(Cn1nnc(-c2ccccc2)n1)NN=Cc1ccc(-c2ccccc2Cl)o1. The van der Waals surface area contributed by atoms with Crippen LogP contribution in [0.4, 0.5) is 0 Å². The zero-order valence-corrected chi connectivity index (χ0v) is 15.8. The van der Waals surface area contributed by atoms with Crippen molar-refractivity contribution in [2.24, 2.45) is 5.10 Å². The molecule has 0 fully saturated rings. The fraction of sp³-hybridized carbons (Fsp3) is 0.0500. The Balaban J connectivity index is 1.34. The number of halogens is 1. The van der Waals surface area contributed by atoms with E-state index in [1.807, 2.05) is 48.5 Å². The van der Waals surface area contributed by atoms with Crippen LogP contribution in [0.3, 0.4) is 0 Å². The van der Waals surface area contributed by atoms with E-state index >= 15 is 0 Å². The molecule has 1 N–H and O–H groups in total. The summed E-state index contributed by atoms with van der Waals surface area (Å²) in [5.41, 5.74) is 4.01. The predicted molar refractivity (Wildman–Crippen MR) is 108 cm³/mol. The van der Waals surface area contributed by atoms with Gasteiger partial charge in [0.2, 0.25) is 5.82 Å². The van der Waals surface area contributed by atoms with Gasteiger partial charge in [-0.2, -0.15) is 9.90 Å². The summed E-state index contributed by atoms with van der Waals surface area (Å²) in [6, 6.07) is 20.3. The predicted octanol–water partition coefficient (Wildman–Crippen LogP) is 3.40. The molecule has 0 spiro atoms. The van der Waals surface area contributed by atoms with Crippen molar-refractivity contribution in [3.05, 3.63) is 77.5 Å². The van der Waals surface area contributed by atoms with Crippen molar-refractivity contribution in [2.75, 3.05) is 0 Å². The number of aromatic nitrogens is 4. The van der Waals surface area contributed by atoms with Crippen molar-refractivity contribution in [3.63, 3.8) is 0 Å². The molecule has 0 aliphatic heterocycles. The second kappa shape index (κ2) is 8.49. The van der Waals surface area contributed by atoms with E-state index in [0.29, 0.717) is 22.4 Å². The van der Waals surface area contributed by atoms with Gasteiger partial charge in [0.15, 0.2) is 0 Å². The highest BCUT2D eigenvalue weighted by Crippen LogP contribution is 2.28. The van der Waals surface area contributed by atoms with Gasteiger partial charge in [0.05, 0.1) is 11.2 Å². The normalized spacial score (nSPS) is 11.1. The van der Waals surface area contributed by atoms with E-state index in [2.05, 4.69) is 25.9 Å². The monoisotopic (exact) mass is 406 g/mol. The quantitative estimate of drug-likeness (QED) is 0.391. The standard InChI is InChI=1S/C20H15ClN6O2/c21-17-9-5-4-8-16(17)18-11-10-15(29-18)12-22-23-19(28)13-27-25-20(24-26-27)14-6-2-1-3-7-14/h1-12H,13H2,(H,23,28). The van der Waals surface area contributed by atoms with Gasteiger partial charge in [-0.25, -0.2) is 5.43 Å². The molecule has 0 aliphatic rings. The maximum Gasteiger partial charge on any atom is 0.263 e. The summed E-state index contributed by atoms with van der Waals surface area (Å²) < 4.78 is 5.68. The molecule has 0 unspecified atom stereocenters. The largest absolute Gasteiger partial charge is 0.455 e. The number of hydrogen-bond donors (Lipinski definition) is 1. The maximum atomic E-state index is 12.0. The molecule has 0 saturated heterocycles. The Bertz CT molecular complexity index is 1150. The van der Waals surface area contributed by atoms with Crippen LogP contribution >= 0.6 is 11.6 Å². The van der Waals surface area contributed by atoms with Gasteiger partial charge in [-0.3, -0.25) is 4.79 Å². The second-order valence-electron chi connectivity index (χ2n) is 5.98. The van der Waals surface area contributed by atoms with Crippen molar-refractivity contribution in [2.45, 2.75) is 6.54 Å². The molecule has 0 saturated carbocycles. The van der Waals surface area contributed by atoms with E-state index in [-0.39, 0.29) is 6.54 Å². The lowest BCUT2D eigenvalue weighted by Gasteiger charge is -1.99. The van der Waals surface area contributed by atoms with Gasteiger partial charge in [0.1, 0.15) is 18.1 Å². The van der Waals surface area contributed by atoms with Gasteiger partial charge >= 0.3 is 0 Å². The minimum Gasteiger partial charge on any atom is -0.455 e. The zero-order valence-electron chi connectivity index (χ0n) is 15.1. The number of hydrogen-bond acceptors (Lipinski definition) is 6. The van der Waals surface area contributed by atoms with Crippen molar-refractivity contribution in [1.29, 1.82) is 0 Å². The molecule has 2 aromatic heterocycles. The third kappa shape index (κ3) is 4.56. The van der Waals surface area contributed by atoms with Crippen molar-refractivity contribution < 1.29 is 9.21 Å². The van der Waals surface area contributed by atoms with E-state index < -0.39 is 5.91 Å². The van der Waals surface area contributed by atoms with E-state index in [4.69, 9.17) is 16.0 Å². The fourth-order valence-electron chi connectivity index (χ4n) is 2.57. The summed E-state index contributed by atoms with van der Waals surface area (Å²) in [6.45, 7) is -0.111. The second-order valence-corrected chi connectivity index (χ2v) is 6.39. The molecule has 4 rings (SSSR count). The van der Waals surface area contributed by atoms with Gasteiger partial charge in [-0.05, 0) is 29.5 Å². The van der Waals surface area contributed by atoms with Crippen molar-refractivity contribution >= 4 is 23.7 Å². The Morgan fingerprint density at radius 3 is 2.72 bits per heavy atom. The van der Waals surface area contributed by atoms with Gasteiger partial charge in [0, 0.05) is 11.1 Å². The van der Waals surface area contributed by atoms with Crippen LogP contribution < -0.4 is 5.43 Å². The lowest BCUT2D eigenvalue weighted by Crippen LogP contribution is -2.24. The van der Waals surface area contributed by atoms with Gasteiger partial charge in [-0.1, -0.05) is 54.1 Å². The van der Waals surface area contributed by atoms with Crippen LogP contribution in [0.1, 0.15) is 5.76 Å². The molecule has 29 heavy (non-hydrogen) atoms. The molecule has 8 nitrogen and oxygen atoms in total. The number of carbonyl (C=O) groups is 1. The van der Waals surface area contributed by atoms with Crippen LogP contribution in [0, 0.1) is 0 Å². The van der Waals surface area contributed by atoms with Gasteiger partial charge in [-0.15, -0.1) is 10.2 Å². The summed E-state index contributed by atoms with van der Waals surface area (Å²) in [4.78, 5) is 13.2. The summed E-state index contributed by atoms with van der Waals surface area (Å²) in [6.07, 6.45) is 1.41. The smallest absolute Gasteiger partial charge is 0.263 e. The lowest BCUT2D eigenvalue weighted by molar-refractivity contribution is -0.122. The molecule has 144 valence electrons. The molecular formula is C20H15ClN6O2. The first kappa shape index (κ1) is 18.6. The van der Waals surface area contributed by atoms with E-state index in [9.17, 15) is 4.79 Å². The topological polar surface area (TPSA) is 98.2 Å². The number of rotatable bonds is 6. The molecule has 0 bridgehead atoms. The highest BCUT2D eigenvalue weighted by atomic mass is 35.5. The highest BCUT2D eigenvalue weighted by molar-refractivity contribution is 6.33. The molecule has 0 radical (unpaired) electrons. The molecule has 0 aliphatic carbocycles. The Morgan fingerprint density at radius 2 is 1.90 bits per heavy atom. The number of nitrogens with one attached hydrogen (secondary N) is 1. The summed E-state index contributed by atoms with van der Waals surface area (Å²) in [5.74, 6) is 1.15. The first-order valence-corrected chi connectivity index (χ1v) is 9.07. The Hall–Kier alpha value is -3.78. The number of carbonyl (C=O) groups excluding carboxylic acids is 1. The van der Waals surface area contributed by atoms with E-state index in [1.54, 1.807) is 18.2 Å². The lowest BCUT2D eigenvalue weighted by atomic mass is 10.2. The number of nitrogens with zero attached hydrogens (tertiary/aromatic N) is 5. The minimum atomic E-state index is -0.392.